The van der Waals surface area contributed by atoms with E-state index < -0.39 is 0 Å². The maximum Gasteiger partial charge on any atom is 0.0397 e. The lowest BCUT2D eigenvalue weighted by Crippen LogP contribution is -2.11. The van der Waals surface area contributed by atoms with E-state index in [0.29, 0.717) is 0 Å². The Balaban J connectivity index is 2.20. The molecule has 0 amide bonds. The average molecular weight is 215 g/mol. The van der Waals surface area contributed by atoms with Gasteiger partial charge in [-0.25, -0.2) is 0 Å². The average Bonchev–Trinajstić information content (AvgIpc) is 2.74. The third-order valence-electron chi connectivity index (χ3n) is 2.21. The molecule has 1 atom stereocenters. The minimum Gasteiger partial charge on any atom is -0.366 e. The van der Waals surface area contributed by atoms with Crippen LogP contribution in [0.15, 0.2) is 16.9 Å². The Morgan fingerprint density at radius 2 is 2.27 bits per heavy atom. The van der Waals surface area contributed by atoms with E-state index in [-0.39, 0.29) is 6.04 Å². The van der Waals surface area contributed by atoms with Gasteiger partial charge >= 0.3 is 0 Å². The molecule has 0 spiro atoms. The third kappa shape index (κ3) is 1.35. The van der Waals surface area contributed by atoms with Gasteiger partial charge in [0.05, 0.1) is 0 Å². The van der Waals surface area contributed by atoms with Gasteiger partial charge < -0.3 is 10.7 Å². The fraction of sp³-hybridized carbons (Fsp3) is 0.500. The molecule has 1 fully saturated rings. The Hall–Kier alpha value is -0.280. The molecular formula is C8H11BrN2. The van der Waals surface area contributed by atoms with E-state index in [9.17, 15) is 0 Å². The molecule has 2 nitrogen and oxygen atoms in total. The van der Waals surface area contributed by atoms with Crippen LogP contribution in [-0.4, -0.2) is 4.98 Å². The second-order valence-electron chi connectivity index (χ2n) is 3.12. The zero-order chi connectivity index (χ0) is 7.84. The Labute approximate surface area is 74.3 Å². The number of halogens is 1. The molecule has 3 N–H and O–H groups in total. The van der Waals surface area contributed by atoms with E-state index in [4.69, 9.17) is 5.73 Å². The van der Waals surface area contributed by atoms with E-state index >= 15 is 0 Å². The predicted octanol–water partition coefficient (Wildman–Crippen LogP) is 2.19. The van der Waals surface area contributed by atoms with Crippen molar-refractivity contribution in [3.8, 4) is 0 Å². The highest BCUT2D eigenvalue weighted by molar-refractivity contribution is 9.10. The lowest BCUT2D eigenvalue weighted by Gasteiger charge is -2.07. The summed E-state index contributed by atoms with van der Waals surface area (Å²) in [6.45, 7) is 0. The fourth-order valence-corrected chi connectivity index (χ4v) is 1.83. The van der Waals surface area contributed by atoms with Gasteiger partial charge in [-0.15, -0.1) is 0 Å². The third-order valence-corrected chi connectivity index (χ3v) is 2.90. The molecule has 0 aliphatic heterocycles. The molecule has 1 saturated carbocycles. The van der Waals surface area contributed by atoms with Gasteiger partial charge in [-0.1, -0.05) is 0 Å². The van der Waals surface area contributed by atoms with Crippen LogP contribution in [-0.2, 0) is 0 Å². The molecule has 0 unspecified atom stereocenters. The molecule has 3 heteroatoms. The van der Waals surface area contributed by atoms with Crippen molar-refractivity contribution >= 4 is 15.9 Å². The summed E-state index contributed by atoms with van der Waals surface area (Å²) < 4.78 is 1.11. The van der Waals surface area contributed by atoms with Gasteiger partial charge in [0.15, 0.2) is 0 Å². The molecule has 11 heavy (non-hydrogen) atoms. The molecule has 0 aromatic carbocycles. The first-order valence-electron chi connectivity index (χ1n) is 3.87. The van der Waals surface area contributed by atoms with E-state index in [0.717, 1.165) is 10.4 Å². The first-order valence-corrected chi connectivity index (χ1v) is 4.66. The number of hydrogen-bond acceptors (Lipinski definition) is 1. The van der Waals surface area contributed by atoms with Crippen LogP contribution in [0.5, 0.6) is 0 Å². The summed E-state index contributed by atoms with van der Waals surface area (Å²) in [6.07, 6.45) is 6.49. The van der Waals surface area contributed by atoms with Crippen LogP contribution in [0, 0.1) is 5.92 Å². The zero-order valence-corrected chi connectivity index (χ0v) is 7.76. The van der Waals surface area contributed by atoms with Crippen molar-refractivity contribution in [2.45, 2.75) is 18.9 Å². The second-order valence-corrected chi connectivity index (χ2v) is 3.98. The van der Waals surface area contributed by atoms with Crippen LogP contribution in [0.2, 0.25) is 0 Å². The number of hydrogen-bond donors (Lipinski definition) is 2. The molecular weight excluding hydrogens is 204 g/mol. The van der Waals surface area contributed by atoms with E-state index in [1.165, 1.54) is 18.4 Å². The predicted molar refractivity (Wildman–Crippen MR) is 48.1 cm³/mol. The van der Waals surface area contributed by atoms with Crippen molar-refractivity contribution in [2.75, 3.05) is 0 Å². The number of rotatable bonds is 2. The molecule has 0 radical (unpaired) electrons. The maximum atomic E-state index is 6.00. The van der Waals surface area contributed by atoms with E-state index in [1.54, 1.807) is 0 Å². The Morgan fingerprint density at radius 3 is 2.73 bits per heavy atom. The standard InChI is InChI=1S/C8H11BrN2/c9-7-4-11-3-6(7)8(10)5-1-2-5/h3-5,8,11H,1-2,10H2/t8-/m1/s1. The summed E-state index contributed by atoms with van der Waals surface area (Å²) in [5.74, 6) is 0.724. The minimum absolute atomic E-state index is 0.232. The fourth-order valence-electron chi connectivity index (χ4n) is 1.32. The second kappa shape index (κ2) is 2.64. The lowest BCUT2D eigenvalue weighted by atomic mass is 10.1. The van der Waals surface area contributed by atoms with Crippen molar-refractivity contribution in [1.29, 1.82) is 0 Å². The SMILES string of the molecule is N[C@@H](c1c[nH]cc1Br)C1CC1. The van der Waals surface area contributed by atoms with Crippen molar-refractivity contribution in [3.05, 3.63) is 22.4 Å². The molecule has 60 valence electrons. The molecule has 1 aromatic heterocycles. The van der Waals surface area contributed by atoms with Gasteiger partial charge in [-0.2, -0.15) is 0 Å². The molecule has 1 aliphatic rings. The first-order chi connectivity index (χ1) is 5.29. The highest BCUT2D eigenvalue weighted by Crippen LogP contribution is 2.41. The summed E-state index contributed by atoms with van der Waals surface area (Å²) >= 11 is 3.45. The Bertz CT molecular complexity index is 252. The van der Waals surface area contributed by atoms with E-state index in [2.05, 4.69) is 20.9 Å². The van der Waals surface area contributed by atoms with Crippen molar-refractivity contribution in [3.63, 3.8) is 0 Å². The summed E-state index contributed by atoms with van der Waals surface area (Å²) in [4.78, 5) is 3.03. The van der Waals surface area contributed by atoms with Gasteiger partial charge in [-0.05, 0) is 34.7 Å². The molecule has 1 heterocycles. The number of aromatic nitrogens is 1. The zero-order valence-electron chi connectivity index (χ0n) is 6.18. The van der Waals surface area contributed by atoms with Gasteiger partial charge in [0.2, 0.25) is 0 Å². The van der Waals surface area contributed by atoms with E-state index in [1.807, 2.05) is 12.4 Å². The first kappa shape index (κ1) is 7.37. The summed E-state index contributed by atoms with van der Waals surface area (Å²) in [5.41, 5.74) is 7.21. The number of nitrogens with two attached hydrogens (primary N) is 1. The van der Waals surface area contributed by atoms with Crippen molar-refractivity contribution in [2.24, 2.45) is 11.7 Å². The molecule has 2 rings (SSSR count). The van der Waals surface area contributed by atoms with Gasteiger partial charge in [0.1, 0.15) is 0 Å². The van der Waals surface area contributed by atoms with Crippen LogP contribution in [0.25, 0.3) is 0 Å². The van der Waals surface area contributed by atoms with Gasteiger partial charge in [0, 0.05) is 28.5 Å². The minimum atomic E-state index is 0.232. The van der Waals surface area contributed by atoms with Crippen LogP contribution in [0.3, 0.4) is 0 Å². The summed E-state index contributed by atoms with van der Waals surface area (Å²) in [6, 6.07) is 0.232. The van der Waals surface area contributed by atoms with Gasteiger partial charge in [-0.3, -0.25) is 0 Å². The number of nitrogens with one attached hydrogen (secondary N) is 1. The Morgan fingerprint density at radius 1 is 1.55 bits per heavy atom. The topological polar surface area (TPSA) is 41.8 Å². The highest BCUT2D eigenvalue weighted by Gasteiger charge is 2.30. The van der Waals surface area contributed by atoms with Gasteiger partial charge in [0.25, 0.3) is 0 Å². The smallest absolute Gasteiger partial charge is 0.0397 e. The summed E-state index contributed by atoms with van der Waals surface area (Å²) in [5, 5.41) is 0. The van der Waals surface area contributed by atoms with Crippen molar-refractivity contribution < 1.29 is 0 Å². The number of H-pyrrole nitrogens is 1. The largest absolute Gasteiger partial charge is 0.366 e. The number of aromatic amines is 1. The Kier molecular flexibility index (Phi) is 1.77. The quantitative estimate of drug-likeness (QED) is 0.779. The molecule has 1 aromatic rings. The van der Waals surface area contributed by atoms with Crippen LogP contribution in [0.1, 0.15) is 24.4 Å². The monoisotopic (exact) mass is 214 g/mol. The summed E-state index contributed by atoms with van der Waals surface area (Å²) in [7, 11) is 0. The molecule has 0 bridgehead atoms. The molecule has 0 saturated heterocycles. The van der Waals surface area contributed by atoms with Crippen LogP contribution < -0.4 is 5.73 Å². The van der Waals surface area contributed by atoms with Crippen LogP contribution in [0.4, 0.5) is 0 Å². The normalized spacial score (nSPS) is 20.2. The lowest BCUT2D eigenvalue weighted by molar-refractivity contribution is 0.632. The highest BCUT2D eigenvalue weighted by atomic mass is 79.9. The van der Waals surface area contributed by atoms with Crippen molar-refractivity contribution in [1.82, 2.24) is 4.98 Å². The maximum absolute atomic E-state index is 6.00. The molecule has 1 aliphatic carbocycles. The van der Waals surface area contributed by atoms with Crippen LogP contribution >= 0.6 is 15.9 Å².